The third-order valence-electron chi connectivity index (χ3n) is 6.99. The Balaban J connectivity index is 1.60. The van der Waals surface area contributed by atoms with Gasteiger partial charge in [-0.1, -0.05) is 13.0 Å². The van der Waals surface area contributed by atoms with Gasteiger partial charge in [0.25, 0.3) is 0 Å². The predicted octanol–water partition coefficient (Wildman–Crippen LogP) is 4.52. The molecule has 5 atom stereocenters. The molecule has 23 heavy (non-hydrogen) atoms. The van der Waals surface area contributed by atoms with Gasteiger partial charge in [-0.2, -0.15) is 0 Å². The van der Waals surface area contributed by atoms with Gasteiger partial charge in [-0.3, -0.25) is 0 Å². The Morgan fingerprint density at radius 1 is 1.26 bits per heavy atom. The minimum atomic E-state index is -0.0822. The van der Waals surface area contributed by atoms with Gasteiger partial charge in [0.1, 0.15) is 12.4 Å². The lowest BCUT2D eigenvalue weighted by Gasteiger charge is -2.50. The Morgan fingerprint density at radius 3 is 2.96 bits per heavy atom. The second-order valence-corrected chi connectivity index (χ2v) is 8.33. The van der Waals surface area contributed by atoms with Crippen LogP contribution in [0.3, 0.4) is 0 Å². The summed E-state index contributed by atoms with van der Waals surface area (Å²) in [5.41, 5.74) is 3.19. The highest BCUT2D eigenvalue weighted by Gasteiger charge is 2.54. The minimum absolute atomic E-state index is 0.0822. The average molecular weight is 335 g/mol. The number of aliphatic hydroxyl groups is 1. The van der Waals surface area contributed by atoms with E-state index < -0.39 is 0 Å². The van der Waals surface area contributed by atoms with Gasteiger partial charge in [0, 0.05) is 0 Å². The summed E-state index contributed by atoms with van der Waals surface area (Å²) in [7, 11) is 0. The van der Waals surface area contributed by atoms with E-state index in [1.165, 1.54) is 31.2 Å². The Kier molecular flexibility index (Phi) is 4.09. The molecule has 0 radical (unpaired) electrons. The highest BCUT2D eigenvalue weighted by molar-refractivity contribution is 6.18. The number of rotatable bonds is 3. The van der Waals surface area contributed by atoms with Crippen molar-refractivity contribution in [2.24, 2.45) is 17.3 Å². The van der Waals surface area contributed by atoms with E-state index >= 15 is 0 Å². The van der Waals surface area contributed by atoms with Crippen molar-refractivity contribution in [1.29, 1.82) is 0 Å². The molecule has 0 spiro atoms. The molecule has 2 nitrogen and oxygen atoms in total. The molecule has 1 aromatic rings. The van der Waals surface area contributed by atoms with E-state index in [9.17, 15) is 5.11 Å². The van der Waals surface area contributed by atoms with Crippen LogP contribution in [-0.4, -0.2) is 23.7 Å². The summed E-state index contributed by atoms with van der Waals surface area (Å²) in [6.45, 7) is 2.91. The molecule has 0 heterocycles. The molecule has 0 saturated heterocycles. The van der Waals surface area contributed by atoms with Crippen LogP contribution in [0, 0.1) is 17.3 Å². The van der Waals surface area contributed by atoms with Crippen LogP contribution in [0.4, 0.5) is 0 Å². The van der Waals surface area contributed by atoms with Crippen LogP contribution >= 0.6 is 11.6 Å². The first-order valence-corrected chi connectivity index (χ1v) is 9.66. The molecule has 1 unspecified atom stereocenters. The molecule has 126 valence electrons. The zero-order valence-corrected chi connectivity index (χ0v) is 14.7. The van der Waals surface area contributed by atoms with Crippen LogP contribution in [0.25, 0.3) is 0 Å². The Morgan fingerprint density at radius 2 is 2.13 bits per heavy atom. The molecule has 4 rings (SSSR count). The van der Waals surface area contributed by atoms with Gasteiger partial charge in [-0.25, -0.2) is 0 Å². The van der Waals surface area contributed by atoms with Crippen molar-refractivity contribution in [3.63, 3.8) is 0 Å². The fourth-order valence-corrected chi connectivity index (χ4v) is 5.85. The largest absolute Gasteiger partial charge is 0.492 e. The third-order valence-corrected chi connectivity index (χ3v) is 7.15. The molecule has 0 aliphatic heterocycles. The van der Waals surface area contributed by atoms with Gasteiger partial charge in [0.15, 0.2) is 0 Å². The van der Waals surface area contributed by atoms with Crippen LogP contribution in [-0.2, 0) is 6.42 Å². The highest BCUT2D eigenvalue weighted by atomic mass is 35.5. The molecule has 0 amide bonds. The summed E-state index contributed by atoms with van der Waals surface area (Å²) < 4.78 is 5.69. The number of alkyl halides is 1. The van der Waals surface area contributed by atoms with Crippen LogP contribution in [0.5, 0.6) is 5.75 Å². The first-order valence-electron chi connectivity index (χ1n) is 9.13. The molecule has 3 aliphatic rings. The maximum absolute atomic E-state index is 10.5. The quantitative estimate of drug-likeness (QED) is 0.823. The molecule has 0 bridgehead atoms. The second kappa shape index (κ2) is 5.97. The lowest BCUT2D eigenvalue weighted by molar-refractivity contribution is -0.0226. The van der Waals surface area contributed by atoms with Crippen molar-refractivity contribution in [1.82, 2.24) is 0 Å². The van der Waals surface area contributed by atoms with Crippen molar-refractivity contribution < 1.29 is 9.84 Å². The second-order valence-electron chi connectivity index (χ2n) is 7.95. The summed E-state index contributed by atoms with van der Waals surface area (Å²) in [5, 5.41) is 10.5. The fraction of sp³-hybridized carbons (Fsp3) is 0.700. The van der Waals surface area contributed by atoms with E-state index in [1.54, 1.807) is 5.56 Å². The number of benzene rings is 1. The molecule has 1 aromatic carbocycles. The summed E-state index contributed by atoms with van der Waals surface area (Å²) in [6, 6.07) is 6.64. The number of aryl methyl sites for hydroxylation is 1. The molecule has 2 saturated carbocycles. The third kappa shape index (κ3) is 2.49. The van der Waals surface area contributed by atoms with E-state index in [0.29, 0.717) is 24.3 Å². The van der Waals surface area contributed by atoms with Crippen LogP contribution < -0.4 is 4.74 Å². The van der Waals surface area contributed by atoms with Crippen molar-refractivity contribution >= 4 is 11.6 Å². The van der Waals surface area contributed by atoms with Crippen LogP contribution in [0.15, 0.2) is 18.2 Å². The molecule has 3 heteroatoms. The lowest BCUT2D eigenvalue weighted by Crippen LogP contribution is -2.43. The van der Waals surface area contributed by atoms with Crippen molar-refractivity contribution in [2.45, 2.75) is 57.5 Å². The monoisotopic (exact) mass is 334 g/mol. The Labute approximate surface area is 144 Å². The topological polar surface area (TPSA) is 29.5 Å². The van der Waals surface area contributed by atoms with E-state index in [2.05, 4.69) is 25.1 Å². The first-order chi connectivity index (χ1) is 11.1. The molecule has 2 fully saturated rings. The van der Waals surface area contributed by atoms with Crippen LogP contribution in [0.2, 0.25) is 0 Å². The summed E-state index contributed by atoms with van der Waals surface area (Å²) in [6.07, 6.45) is 6.95. The zero-order valence-electron chi connectivity index (χ0n) is 13.9. The van der Waals surface area contributed by atoms with Gasteiger partial charge in [0.2, 0.25) is 0 Å². The predicted molar refractivity (Wildman–Crippen MR) is 93.3 cm³/mol. The normalized spacial score (nSPS) is 38.6. The van der Waals surface area contributed by atoms with Gasteiger partial charge in [-0.05, 0) is 85.0 Å². The van der Waals surface area contributed by atoms with E-state index in [1.807, 2.05) is 0 Å². The molecular formula is C20H27ClO2. The summed E-state index contributed by atoms with van der Waals surface area (Å²) >= 11 is 5.72. The Hall–Kier alpha value is -0.730. The lowest BCUT2D eigenvalue weighted by atomic mass is 9.55. The maximum Gasteiger partial charge on any atom is 0.119 e. The van der Waals surface area contributed by atoms with Crippen molar-refractivity contribution in [2.75, 3.05) is 12.5 Å². The number of hydrogen-bond donors (Lipinski definition) is 1. The number of fused-ring (bicyclic) bond motifs is 5. The number of halogens is 1. The number of hydrogen-bond acceptors (Lipinski definition) is 2. The van der Waals surface area contributed by atoms with Crippen molar-refractivity contribution in [3.05, 3.63) is 29.3 Å². The van der Waals surface area contributed by atoms with Gasteiger partial charge in [-0.15, -0.1) is 11.6 Å². The standard InChI is InChI=1S/C20H27ClO2/c1-20-9-8-16-15-5-3-14(23-11-10-21)12-13(15)2-4-17(16)18(20)6-7-19(20)22/h3,5,12,16-19,22H,2,4,6-11H2,1H3/t16-,17-,18+,19?,20+/m1/s1. The molecule has 1 N–H and O–H groups in total. The van der Waals surface area contributed by atoms with Crippen LogP contribution in [0.1, 0.15) is 56.1 Å². The SMILES string of the molecule is C[C@]12CC[C@@H]3c4ccc(OCCCl)cc4CC[C@H]3[C@@H]1CCC2O. The fourth-order valence-electron chi connectivity index (χ4n) is 5.78. The first kappa shape index (κ1) is 15.8. The van der Waals surface area contributed by atoms with Crippen molar-refractivity contribution in [3.8, 4) is 5.75 Å². The number of aliphatic hydroxyl groups excluding tert-OH is 1. The van der Waals surface area contributed by atoms with Gasteiger partial charge in [0.05, 0.1) is 12.0 Å². The van der Waals surface area contributed by atoms with E-state index in [4.69, 9.17) is 16.3 Å². The van der Waals surface area contributed by atoms with E-state index in [0.717, 1.165) is 24.5 Å². The Bertz CT molecular complexity index is 587. The van der Waals surface area contributed by atoms with Gasteiger partial charge >= 0.3 is 0 Å². The zero-order chi connectivity index (χ0) is 16.0. The van der Waals surface area contributed by atoms with Gasteiger partial charge < -0.3 is 9.84 Å². The number of ether oxygens (including phenoxy) is 1. The summed E-state index contributed by atoms with van der Waals surface area (Å²) in [4.78, 5) is 0. The van der Waals surface area contributed by atoms with E-state index in [-0.39, 0.29) is 11.5 Å². The average Bonchev–Trinajstić information content (AvgIpc) is 2.88. The minimum Gasteiger partial charge on any atom is -0.492 e. The molecular weight excluding hydrogens is 308 g/mol. The molecule has 3 aliphatic carbocycles. The highest BCUT2D eigenvalue weighted by Crippen LogP contribution is 2.60. The maximum atomic E-state index is 10.5. The molecule has 0 aromatic heterocycles. The summed E-state index contributed by atoms with van der Waals surface area (Å²) in [5.74, 6) is 3.64. The smallest absolute Gasteiger partial charge is 0.119 e.